The minimum atomic E-state index is 0.629. The van der Waals surface area contributed by atoms with Crippen molar-refractivity contribution in [3.63, 3.8) is 0 Å². The van der Waals surface area contributed by atoms with Gasteiger partial charge in [0.25, 0.3) is 0 Å². The van der Waals surface area contributed by atoms with Gasteiger partial charge in [0.1, 0.15) is 0 Å². The van der Waals surface area contributed by atoms with Crippen molar-refractivity contribution in [2.24, 2.45) is 0 Å². The van der Waals surface area contributed by atoms with Crippen molar-refractivity contribution < 1.29 is 0 Å². The zero-order chi connectivity index (χ0) is 16.6. The van der Waals surface area contributed by atoms with E-state index >= 15 is 0 Å². The highest BCUT2D eigenvalue weighted by Crippen LogP contribution is 2.46. The molecule has 4 aromatic rings. The first-order chi connectivity index (χ1) is 12.4. The molecule has 0 N–H and O–H groups in total. The second kappa shape index (κ2) is 6.89. The maximum atomic E-state index is 2.31. The molecule has 0 saturated carbocycles. The lowest BCUT2D eigenvalue weighted by Crippen LogP contribution is -1.81. The number of rotatable bonds is 4. The molecule has 124 valence electrons. The van der Waals surface area contributed by atoms with E-state index in [9.17, 15) is 0 Å². The summed E-state index contributed by atoms with van der Waals surface area (Å²) < 4.78 is 0. The molecular weight excluding hydrogens is 401 g/mol. The number of thioether (sulfide) groups is 1. The first kappa shape index (κ1) is 16.1. The fourth-order valence-corrected chi connectivity index (χ4v) is 8.04. The summed E-state index contributed by atoms with van der Waals surface area (Å²) in [6, 6.07) is 18.0. The van der Waals surface area contributed by atoms with Crippen LogP contribution in [-0.2, 0) is 0 Å². The SMILES string of the molecule is C1=CSC(c2ccc(-c3ccc(-c4ccc(-c5cccs5)s4)s3)s2)C1. The molecule has 1 aliphatic rings. The number of hydrogen-bond donors (Lipinski definition) is 0. The summed E-state index contributed by atoms with van der Waals surface area (Å²) in [4.78, 5) is 9.74. The van der Waals surface area contributed by atoms with Crippen LogP contribution >= 0.6 is 57.1 Å². The molecule has 1 atom stereocenters. The summed E-state index contributed by atoms with van der Waals surface area (Å²) in [6.07, 6.45) is 3.45. The minimum Gasteiger partial charge on any atom is -0.143 e. The van der Waals surface area contributed by atoms with Crippen LogP contribution in [-0.4, -0.2) is 0 Å². The van der Waals surface area contributed by atoms with E-state index in [1.165, 1.54) is 40.6 Å². The van der Waals surface area contributed by atoms with Crippen LogP contribution in [0.15, 0.2) is 65.4 Å². The van der Waals surface area contributed by atoms with Gasteiger partial charge in [0.15, 0.2) is 0 Å². The third-order valence-corrected chi connectivity index (χ3v) is 10.2. The molecule has 0 nitrogen and oxygen atoms in total. The standard InChI is InChI=1S/C20H14S5/c1-3-13(21-11-1)15-5-7-17(23-15)19-9-10-20(25-19)18-8-6-16(24-18)14-4-2-12-22-14/h1-3,5-12,14H,4H2. The molecule has 5 heterocycles. The smallest absolute Gasteiger partial charge is 0.0467 e. The summed E-state index contributed by atoms with van der Waals surface area (Å²) in [5.74, 6) is 0. The van der Waals surface area contributed by atoms with E-state index < -0.39 is 0 Å². The lowest BCUT2D eigenvalue weighted by atomic mass is 10.2. The third kappa shape index (κ3) is 3.20. The van der Waals surface area contributed by atoms with Crippen LogP contribution in [0.5, 0.6) is 0 Å². The summed E-state index contributed by atoms with van der Waals surface area (Å²) in [6.45, 7) is 0. The van der Waals surface area contributed by atoms with Gasteiger partial charge < -0.3 is 0 Å². The fourth-order valence-electron chi connectivity index (χ4n) is 2.85. The number of hydrogen-bond acceptors (Lipinski definition) is 5. The highest BCUT2D eigenvalue weighted by atomic mass is 32.2. The maximum Gasteiger partial charge on any atom is 0.0467 e. The molecule has 5 rings (SSSR count). The Balaban J connectivity index is 1.40. The average molecular weight is 415 g/mol. The van der Waals surface area contributed by atoms with Crippen molar-refractivity contribution in [2.75, 3.05) is 0 Å². The van der Waals surface area contributed by atoms with E-state index in [0.717, 1.165) is 0 Å². The molecule has 0 fully saturated rings. The minimum absolute atomic E-state index is 0.629. The van der Waals surface area contributed by atoms with Gasteiger partial charge in [-0.1, -0.05) is 12.1 Å². The fraction of sp³-hybridized carbons (Fsp3) is 0.100. The molecule has 0 amide bonds. The quantitative estimate of drug-likeness (QED) is 0.322. The van der Waals surface area contributed by atoms with Gasteiger partial charge in [0.05, 0.1) is 0 Å². The monoisotopic (exact) mass is 414 g/mol. The van der Waals surface area contributed by atoms with Gasteiger partial charge in [-0.15, -0.1) is 57.1 Å². The van der Waals surface area contributed by atoms with Crippen molar-refractivity contribution in [1.82, 2.24) is 0 Å². The van der Waals surface area contributed by atoms with Crippen LogP contribution < -0.4 is 0 Å². The van der Waals surface area contributed by atoms with Crippen LogP contribution in [0.2, 0.25) is 0 Å². The van der Waals surface area contributed by atoms with Crippen molar-refractivity contribution in [3.8, 4) is 29.3 Å². The van der Waals surface area contributed by atoms with Crippen molar-refractivity contribution in [1.29, 1.82) is 0 Å². The second-order valence-corrected chi connectivity index (χ2v) is 11.1. The van der Waals surface area contributed by atoms with Crippen LogP contribution in [0.25, 0.3) is 29.3 Å². The molecule has 5 heteroatoms. The van der Waals surface area contributed by atoms with Crippen LogP contribution in [0.1, 0.15) is 16.5 Å². The lowest BCUT2D eigenvalue weighted by Gasteiger charge is -2.03. The summed E-state index contributed by atoms with van der Waals surface area (Å²) in [7, 11) is 0. The Hall–Kier alpha value is -1.11. The lowest BCUT2D eigenvalue weighted by molar-refractivity contribution is 1.02. The zero-order valence-corrected chi connectivity index (χ0v) is 17.3. The molecule has 0 aromatic carbocycles. The van der Waals surface area contributed by atoms with E-state index in [4.69, 9.17) is 0 Å². The Bertz CT molecular complexity index is 1000. The van der Waals surface area contributed by atoms with E-state index in [1.54, 1.807) is 0 Å². The summed E-state index contributed by atoms with van der Waals surface area (Å²) in [5, 5.41) is 5.00. The Labute approximate surface area is 167 Å². The summed E-state index contributed by atoms with van der Waals surface area (Å²) in [5.41, 5.74) is 0. The molecule has 0 radical (unpaired) electrons. The van der Waals surface area contributed by atoms with Crippen LogP contribution in [0.3, 0.4) is 0 Å². The molecule has 0 saturated heterocycles. The maximum absolute atomic E-state index is 2.31. The van der Waals surface area contributed by atoms with Crippen molar-refractivity contribution >= 4 is 57.1 Å². The van der Waals surface area contributed by atoms with E-state index in [0.29, 0.717) is 5.25 Å². The highest BCUT2D eigenvalue weighted by molar-refractivity contribution is 8.02. The van der Waals surface area contributed by atoms with Gasteiger partial charge in [-0.3, -0.25) is 0 Å². The second-order valence-electron chi connectivity index (χ2n) is 5.74. The van der Waals surface area contributed by atoms with Crippen LogP contribution in [0, 0.1) is 0 Å². The average Bonchev–Trinajstić information content (AvgIpc) is 3.48. The number of thiophene rings is 4. The topological polar surface area (TPSA) is 0 Å². The normalized spacial score (nSPS) is 16.7. The first-order valence-corrected chi connectivity index (χ1v) is 12.3. The molecule has 0 bridgehead atoms. The Morgan fingerprint density at radius 1 is 0.680 bits per heavy atom. The van der Waals surface area contributed by atoms with Crippen LogP contribution in [0.4, 0.5) is 0 Å². The molecule has 0 spiro atoms. The Morgan fingerprint density at radius 2 is 1.32 bits per heavy atom. The van der Waals surface area contributed by atoms with Gasteiger partial charge >= 0.3 is 0 Å². The predicted octanol–water partition coefficient (Wildman–Crippen LogP) is 8.63. The van der Waals surface area contributed by atoms with E-state index in [1.807, 2.05) is 57.1 Å². The van der Waals surface area contributed by atoms with Gasteiger partial charge in [-0.05, 0) is 59.7 Å². The molecule has 0 aliphatic carbocycles. The highest BCUT2D eigenvalue weighted by Gasteiger charge is 2.17. The van der Waals surface area contributed by atoms with Crippen molar-refractivity contribution in [3.05, 3.63) is 70.3 Å². The van der Waals surface area contributed by atoms with Gasteiger partial charge in [-0.2, -0.15) is 0 Å². The molecule has 4 aromatic heterocycles. The van der Waals surface area contributed by atoms with Crippen molar-refractivity contribution in [2.45, 2.75) is 11.7 Å². The van der Waals surface area contributed by atoms with E-state index in [-0.39, 0.29) is 0 Å². The largest absolute Gasteiger partial charge is 0.143 e. The molecule has 1 aliphatic heterocycles. The first-order valence-electron chi connectivity index (χ1n) is 8.01. The van der Waals surface area contributed by atoms with Gasteiger partial charge in [0.2, 0.25) is 0 Å². The molecular formula is C20H14S5. The molecule has 1 unspecified atom stereocenters. The predicted molar refractivity (Wildman–Crippen MR) is 118 cm³/mol. The third-order valence-electron chi connectivity index (χ3n) is 4.10. The Kier molecular flexibility index (Phi) is 4.44. The Morgan fingerprint density at radius 3 is 1.92 bits per heavy atom. The number of allylic oxidation sites excluding steroid dienone is 1. The molecule has 25 heavy (non-hydrogen) atoms. The summed E-state index contributed by atoms with van der Waals surface area (Å²) >= 11 is 9.50. The van der Waals surface area contributed by atoms with Gasteiger partial charge in [0, 0.05) is 39.4 Å². The zero-order valence-electron chi connectivity index (χ0n) is 13.2. The van der Waals surface area contributed by atoms with Gasteiger partial charge in [-0.25, -0.2) is 0 Å². The van der Waals surface area contributed by atoms with E-state index in [2.05, 4.69) is 65.4 Å².